The Morgan fingerprint density at radius 3 is 2.89 bits per heavy atom. The summed E-state index contributed by atoms with van der Waals surface area (Å²) in [4.78, 5) is 4.19. The maximum Gasteiger partial charge on any atom is 0.0400 e. The van der Waals surface area contributed by atoms with Gasteiger partial charge < -0.3 is 0 Å². The lowest BCUT2D eigenvalue weighted by Crippen LogP contribution is -1.86. The van der Waals surface area contributed by atoms with Crippen molar-refractivity contribution < 1.29 is 0 Å². The van der Waals surface area contributed by atoms with Crippen molar-refractivity contribution in [3.8, 4) is 0 Å². The summed E-state index contributed by atoms with van der Waals surface area (Å²) in [7, 11) is 1.28. The van der Waals surface area contributed by atoms with E-state index in [0.29, 0.717) is 0 Å². The van der Waals surface area contributed by atoms with Crippen LogP contribution in [0.1, 0.15) is 5.69 Å². The van der Waals surface area contributed by atoms with Gasteiger partial charge >= 0.3 is 0 Å². The summed E-state index contributed by atoms with van der Waals surface area (Å²) in [6.07, 6.45) is 3.01. The maximum atomic E-state index is 4.19. The lowest BCUT2D eigenvalue weighted by molar-refractivity contribution is 1.03. The zero-order chi connectivity index (χ0) is 6.53. The Kier molecular flexibility index (Phi) is 2.45. The molecule has 0 amide bonds. The van der Waals surface area contributed by atoms with Crippen molar-refractivity contribution in [1.82, 2.24) is 4.98 Å². The van der Waals surface area contributed by atoms with Gasteiger partial charge in [-0.3, -0.25) is 4.98 Å². The summed E-state index contributed by atoms with van der Waals surface area (Å²) >= 11 is 0. The van der Waals surface area contributed by atoms with Crippen LogP contribution in [0.4, 0.5) is 0 Å². The zero-order valence-electron chi connectivity index (χ0n) is 5.67. The van der Waals surface area contributed by atoms with Crippen molar-refractivity contribution in [3.05, 3.63) is 30.1 Å². The Morgan fingerprint density at radius 2 is 2.33 bits per heavy atom. The number of aromatic nitrogens is 1. The number of rotatable bonds is 2. The minimum Gasteiger partial charge on any atom is -0.261 e. The average Bonchev–Trinajstić information content (AvgIpc) is 1.91. The quantitative estimate of drug-likeness (QED) is 0.538. The average molecular weight is 137 g/mol. The number of hydrogen-bond acceptors (Lipinski definition) is 1. The van der Waals surface area contributed by atoms with E-state index in [1.807, 2.05) is 18.3 Å². The second-order valence-corrected chi connectivity index (χ2v) is 3.07. The van der Waals surface area contributed by atoms with Crippen molar-refractivity contribution >= 4 is 10.2 Å². The highest BCUT2D eigenvalue weighted by Gasteiger charge is 1.86. The van der Waals surface area contributed by atoms with Gasteiger partial charge in [0.1, 0.15) is 0 Å². The molecule has 2 heteroatoms. The summed E-state index contributed by atoms with van der Waals surface area (Å²) in [5.74, 6) is 0. The molecule has 0 aliphatic carbocycles. The van der Waals surface area contributed by atoms with Crippen LogP contribution < -0.4 is 0 Å². The highest BCUT2D eigenvalue weighted by Crippen LogP contribution is 1.95. The fraction of sp³-hybridized carbons (Fsp3) is 0.286. The first-order chi connectivity index (χ1) is 4.43. The van der Waals surface area contributed by atoms with E-state index in [4.69, 9.17) is 0 Å². The highest BCUT2D eigenvalue weighted by atomic mass is 28.1. The largest absolute Gasteiger partial charge is 0.261 e. The van der Waals surface area contributed by atoms with Crippen LogP contribution in [0.25, 0.3) is 0 Å². The van der Waals surface area contributed by atoms with Gasteiger partial charge in [0.15, 0.2) is 0 Å². The van der Waals surface area contributed by atoms with E-state index in [1.165, 1.54) is 22.0 Å². The molecule has 1 aromatic heterocycles. The molecule has 0 fully saturated rings. The molecule has 0 N–H and O–H groups in total. The predicted molar refractivity (Wildman–Crippen MR) is 42.7 cm³/mol. The van der Waals surface area contributed by atoms with E-state index in [1.54, 1.807) is 0 Å². The van der Waals surface area contributed by atoms with Gasteiger partial charge in [0, 0.05) is 22.1 Å². The van der Waals surface area contributed by atoms with E-state index >= 15 is 0 Å². The number of hydrogen-bond donors (Lipinski definition) is 0. The van der Waals surface area contributed by atoms with E-state index in [0.717, 1.165) is 6.42 Å². The summed E-state index contributed by atoms with van der Waals surface area (Å²) in [5, 5.41) is 0. The first-order valence-corrected chi connectivity index (χ1v) is 4.75. The minimum absolute atomic E-state index is 1.16. The summed E-state index contributed by atoms with van der Waals surface area (Å²) in [5.41, 5.74) is 1.23. The van der Waals surface area contributed by atoms with E-state index in [2.05, 4.69) is 11.1 Å². The third-order valence-electron chi connectivity index (χ3n) is 1.23. The Balaban J connectivity index is 2.61. The zero-order valence-corrected chi connectivity index (χ0v) is 7.67. The van der Waals surface area contributed by atoms with Gasteiger partial charge in [0.25, 0.3) is 0 Å². The molecule has 1 heterocycles. The van der Waals surface area contributed by atoms with Gasteiger partial charge in [-0.15, -0.1) is 0 Å². The molecular weight excluding hydrogens is 126 g/mol. The molecule has 1 aromatic rings. The van der Waals surface area contributed by atoms with Crippen LogP contribution in [0.3, 0.4) is 0 Å². The molecule has 0 aromatic carbocycles. The van der Waals surface area contributed by atoms with E-state index in [9.17, 15) is 0 Å². The first kappa shape index (κ1) is 6.49. The molecule has 0 aliphatic rings. The van der Waals surface area contributed by atoms with Gasteiger partial charge in [-0.05, 0) is 18.6 Å². The lowest BCUT2D eigenvalue weighted by Gasteiger charge is -1.92. The van der Waals surface area contributed by atoms with Crippen LogP contribution >= 0.6 is 0 Å². The number of pyridine rings is 1. The molecule has 9 heavy (non-hydrogen) atoms. The molecule has 0 saturated carbocycles. The summed E-state index contributed by atoms with van der Waals surface area (Å²) < 4.78 is 0. The van der Waals surface area contributed by atoms with E-state index in [-0.39, 0.29) is 0 Å². The van der Waals surface area contributed by atoms with Crippen molar-refractivity contribution in [3.63, 3.8) is 0 Å². The van der Waals surface area contributed by atoms with Crippen molar-refractivity contribution in [2.45, 2.75) is 12.5 Å². The smallest absolute Gasteiger partial charge is 0.0400 e. The maximum absolute atomic E-state index is 4.19. The fourth-order valence-corrected chi connectivity index (χ4v) is 1.31. The molecule has 0 aliphatic heterocycles. The molecule has 0 saturated heterocycles. The van der Waals surface area contributed by atoms with Gasteiger partial charge in [-0.2, -0.15) is 0 Å². The van der Waals surface area contributed by atoms with Crippen LogP contribution in [0, 0.1) is 0 Å². The summed E-state index contributed by atoms with van der Waals surface area (Å²) in [6, 6.07) is 7.39. The Bertz CT molecular complexity index is 162. The van der Waals surface area contributed by atoms with E-state index < -0.39 is 0 Å². The molecule has 0 atom stereocenters. The third kappa shape index (κ3) is 1.97. The molecule has 1 nitrogen and oxygen atoms in total. The molecule has 0 spiro atoms. The highest BCUT2D eigenvalue weighted by molar-refractivity contribution is 6.08. The standard InChI is InChI=1S/C7H11NSi/c9-6-4-7-3-1-2-5-8-7/h1-3,5H,4,6H2,9H3. The second kappa shape index (κ2) is 3.40. The van der Waals surface area contributed by atoms with Crippen LogP contribution in [0.2, 0.25) is 6.04 Å². The van der Waals surface area contributed by atoms with Crippen molar-refractivity contribution in [1.29, 1.82) is 0 Å². The van der Waals surface area contributed by atoms with Crippen LogP contribution in [0.5, 0.6) is 0 Å². The van der Waals surface area contributed by atoms with Gasteiger partial charge in [0.05, 0.1) is 0 Å². The normalized spacial score (nSPS) is 9.78. The lowest BCUT2D eigenvalue weighted by atomic mass is 10.3. The molecule has 1 rings (SSSR count). The molecule has 0 radical (unpaired) electrons. The van der Waals surface area contributed by atoms with Crippen LogP contribution in [-0.2, 0) is 6.42 Å². The fourth-order valence-electron chi connectivity index (χ4n) is 0.802. The molecule has 48 valence electrons. The molecular formula is C7H11NSi. The molecule has 0 unspecified atom stereocenters. The topological polar surface area (TPSA) is 12.9 Å². The third-order valence-corrected chi connectivity index (χ3v) is 1.73. The van der Waals surface area contributed by atoms with Crippen molar-refractivity contribution in [2.24, 2.45) is 0 Å². The Labute approximate surface area is 58.6 Å². The SMILES string of the molecule is [SiH3]CCc1ccccn1. The first-order valence-electron chi connectivity index (χ1n) is 3.33. The van der Waals surface area contributed by atoms with Crippen LogP contribution in [0.15, 0.2) is 24.4 Å². The van der Waals surface area contributed by atoms with Crippen molar-refractivity contribution in [2.75, 3.05) is 0 Å². The minimum atomic E-state index is 1.16. The molecule has 0 bridgehead atoms. The monoisotopic (exact) mass is 137 g/mol. The second-order valence-electron chi connectivity index (χ2n) is 2.07. The van der Waals surface area contributed by atoms with Gasteiger partial charge in [-0.25, -0.2) is 0 Å². The predicted octanol–water partition coefficient (Wildman–Crippen LogP) is 0.408. The van der Waals surface area contributed by atoms with Gasteiger partial charge in [-0.1, -0.05) is 12.1 Å². The number of nitrogens with zero attached hydrogens (tertiary/aromatic N) is 1. The summed E-state index contributed by atoms with van der Waals surface area (Å²) in [6.45, 7) is 0. The number of aryl methyl sites for hydroxylation is 1. The Hall–Kier alpha value is -0.633. The van der Waals surface area contributed by atoms with Gasteiger partial charge in [0.2, 0.25) is 0 Å². The van der Waals surface area contributed by atoms with Crippen LogP contribution in [-0.4, -0.2) is 15.2 Å². The Morgan fingerprint density at radius 1 is 1.44 bits per heavy atom.